The van der Waals surface area contributed by atoms with Crippen molar-refractivity contribution in [2.24, 2.45) is 5.73 Å². The topological polar surface area (TPSA) is 44.5 Å². The van der Waals surface area contributed by atoms with E-state index in [1.165, 1.54) is 0 Å². The standard InChI is InChI=1S/C13H15NO2S/c1-15-11-5-3-4-10(13(11)16-2)12-7-6-9(8-14)17-12/h3-7H,8,14H2,1-2H3. The van der Waals surface area contributed by atoms with Gasteiger partial charge in [-0.2, -0.15) is 0 Å². The van der Waals surface area contributed by atoms with Crippen LogP contribution in [0.2, 0.25) is 0 Å². The van der Waals surface area contributed by atoms with Crippen LogP contribution in [0.15, 0.2) is 30.3 Å². The lowest BCUT2D eigenvalue weighted by Crippen LogP contribution is -1.92. The van der Waals surface area contributed by atoms with E-state index in [0.29, 0.717) is 6.54 Å². The number of rotatable bonds is 4. The molecule has 0 saturated carbocycles. The molecule has 0 unspecified atom stereocenters. The SMILES string of the molecule is COc1cccc(-c2ccc(CN)s2)c1OC. The van der Waals surface area contributed by atoms with Crippen molar-refractivity contribution in [1.82, 2.24) is 0 Å². The van der Waals surface area contributed by atoms with Crippen LogP contribution in [-0.4, -0.2) is 14.2 Å². The smallest absolute Gasteiger partial charge is 0.169 e. The Bertz CT molecular complexity index is 508. The van der Waals surface area contributed by atoms with Gasteiger partial charge in [0.2, 0.25) is 0 Å². The van der Waals surface area contributed by atoms with Crippen LogP contribution in [0, 0.1) is 0 Å². The summed E-state index contributed by atoms with van der Waals surface area (Å²) in [5, 5.41) is 0. The van der Waals surface area contributed by atoms with Crippen molar-refractivity contribution < 1.29 is 9.47 Å². The normalized spacial score (nSPS) is 10.3. The van der Waals surface area contributed by atoms with Gasteiger partial charge in [0, 0.05) is 21.9 Å². The van der Waals surface area contributed by atoms with Gasteiger partial charge in [-0.05, 0) is 24.3 Å². The lowest BCUT2D eigenvalue weighted by atomic mass is 10.1. The Labute approximate surface area is 105 Å². The van der Waals surface area contributed by atoms with Gasteiger partial charge < -0.3 is 15.2 Å². The van der Waals surface area contributed by atoms with E-state index in [-0.39, 0.29) is 0 Å². The van der Waals surface area contributed by atoms with Crippen molar-refractivity contribution in [3.63, 3.8) is 0 Å². The summed E-state index contributed by atoms with van der Waals surface area (Å²) in [6.45, 7) is 0.566. The average molecular weight is 249 g/mol. The first-order valence-corrected chi connectivity index (χ1v) is 6.12. The molecule has 2 aromatic rings. The summed E-state index contributed by atoms with van der Waals surface area (Å²) in [5.74, 6) is 1.51. The molecule has 0 aliphatic carbocycles. The van der Waals surface area contributed by atoms with Crippen LogP contribution in [0.3, 0.4) is 0 Å². The van der Waals surface area contributed by atoms with Crippen molar-refractivity contribution in [3.8, 4) is 21.9 Å². The second-order valence-corrected chi connectivity index (χ2v) is 4.68. The molecule has 0 aliphatic heterocycles. The number of ether oxygens (including phenoxy) is 2. The zero-order chi connectivity index (χ0) is 12.3. The van der Waals surface area contributed by atoms with Gasteiger partial charge in [0.05, 0.1) is 14.2 Å². The molecule has 0 aliphatic rings. The van der Waals surface area contributed by atoms with Crippen LogP contribution in [0.4, 0.5) is 0 Å². The van der Waals surface area contributed by atoms with Crippen LogP contribution in [0.5, 0.6) is 11.5 Å². The van der Waals surface area contributed by atoms with Gasteiger partial charge >= 0.3 is 0 Å². The Hall–Kier alpha value is -1.52. The van der Waals surface area contributed by atoms with Gasteiger partial charge in [-0.15, -0.1) is 11.3 Å². The molecule has 3 nitrogen and oxygen atoms in total. The third-order valence-electron chi connectivity index (χ3n) is 2.53. The summed E-state index contributed by atoms with van der Waals surface area (Å²) in [4.78, 5) is 2.30. The maximum atomic E-state index is 5.62. The van der Waals surface area contributed by atoms with Crippen LogP contribution in [0.1, 0.15) is 4.88 Å². The lowest BCUT2D eigenvalue weighted by Gasteiger charge is -2.11. The fraction of sp³-hybridized carbons (Fsp3) is 0.231. The Kier molecular flexibility index (Phi) is 3.66. The van der Waals surface area contributed by atoms with Gasteiger partial charge in [0.25, 0.3) is 0 Å². The number of nitrogens with two attached hydrogens (primary N) is 1. The molecule has 0 spiro atoms. The summed E-state index contributed by atoms with van der Waals surface area (Å²) < 4.78 is 10.7. The van der Waals surface area contributed by atoms with E-state index >= 15 is 0 Å². The molecule has 0 bridgehead atoms. The van der Waals surface area contributed by atoms with Crippen molar-refractivity contribution in [2.75, 3.05) is 14.2 Å². The van der Waals surface area contributed by atoms with E-state index in [1.807, 2.05) is 24.3 Å². The van der Waals surface area contributed by atoms with E-state index in [4.69, 9.17) is 15.2 Å². The number of para-hydroxylation sites is 1. The van der Waals surface area contributed by atoms with E-state index in [0.717, 1.165) is 26.8 Å². The summed E-state index contributed by atoms with van der Waals surface area (Å²) in [5.41, 5.74) is 6.66. The highest BCUT2D eigenvalue weighted by atomic mass is 32.1. The lowest BCUT2D eigenvalue weighted by molar-refractivity contribution is 0.356. The molecule has 1 aromatic heterocycles. The molecule has 90 valence electrons. The predicted octanol–water partition coefficient (Wildman–Crippen LogP) is 2.89. The van der Waals surface area contributed by atoms with E-state index in [1.54, 1.807) is 25.6 Å². The highest BCUT2D eigenvalue weighted by Gasteiger charge is 2.12. The Morgan fingerprint density at radius 2 is 1.94 bits per heavy atom. The number of hydrogen-bond acceptors (Lipinski definition) is 4. The quantitative estimate of drug-likeness (QED) is 0.906. The van der Waals surface area contributed by atoms with Crippen LogP contribution >= 0.6 is 11.3 Å². The summed E-state index contributed by atoms with van der Waals surface area (Å²) in [7, 11) is 3.29. The van der Waals surface area contributed by atoms with Gasteiger partial charge in [-0.3, -0.25) is 0 Å². The number of methoxy groups -OCH3 is 2. The average Bonchev–Trinajstić information content (AvgIpc) is 2.86. The van der Waals surface area contributed by atoms with Gasteiger partial charge in [-0.1, -0.05) is 6.07 Å². The minimum Gasteiger partial charge on any atom is -0.493 e. The van der Waals surface area contributed by atoms with E-state index < -0.39 is 0 Å². The van der Waals surface area contributed by atoms with Crippen LogP contribution < -0.4 is 15.2 Å². The van der Waals surface area contributed by atoms with E-state index in [9.17, 15) is 0 Å². The fourth-order valence-corrected chi connectivity index (χ4v) is 2.62. The second-order valence-electron chi connectivity index (χ2n) is 3.51. The fourth-order valence-electron chi connectivity index (χ4n) is 1.71. The maximum Gasteiger partial charge on any atom is 0.169 e. The summed E-state index contributed by atoms with van der Waals surface area (Å²) in [6, 6.07) is 9.97. The van der Waals surface area contributed by atoms with Crippen molar-refractivity contribution in [1.29, 1.82) is 0 Å². The molecule has 1 heterocycles. The molecule has 0 fully saturated rings. The number of benzene rings is 1. The molecule has 0 radical (unpaired) electrons. The van der Waals surface area contributed by atoms with Crippen LogP contribution in [-0.2, 0) is 6.54 Å². The third kappa shape index (κ3) is 2.28. The van der Waals surface area contributed by atoms with Crippen molar-refractivity contribution in [3.05, 3.63) is 35.2 Å². The first kappa shape index (κ1) is 12.0. The molecular weight excluding hydrogens is 234 g/mol. The van der Waals surface area contributed by atoms with Crippen LogP contribution in [0.25, 0.3) is 10.4 Å². The molecule has 0 atom stereocenters. The first-order valence-electron chi connectivity index (χ1n) is 5.30. The molecule has 0 amide bonds. The third-order valence-corrected chi connectivity index (χ3v) is 3.67. The molecule has 17 heavy (non-hydrogen) atoms. The molecule has 2 N–H and O–H groups in total. The second kappa shape index (κ2) is 5.21. The Morgan fingerprint density at radius 1 is 1.12 bits per heavy atom. The van der Waals surface area contributed by atoms with Crippen molar-refractivity contribution in [2.45, 2.75) is 6.54 Å². The highest BCUT2D eigenvalue weighted by molar-refractivity contribution is 7.15. The zero-order valence-corrected chi connectivity index (χ0v) is 10.7. The summed E-state index contributed by atoms with van der Waals surface area (Å²) >= 11 is 1.67. The minimum atomic E-state index is 0.566. The largest absolute Gasteiger partial charge is 0.493 e. The molecule has 4 heteroatoms. The Balaban J connectivity index is 2.50. The zero-order valence-electron chi connectivity index (χ0n) is 9.90. The molecule has 2 rings (SSSR count). The monoisotopic (exact) mass is 249 g/mol. The number of thiophene rings is 1. The predicted molar refractivity (Wildman–Crippen MR) is 70.8 cm³/mol. The number of hydrogen-bond donors (Lipinski definition) is 1. The highest BCUT2D eigenvalue weighted by Crippen LogP contribution is 2.40. The van der Waals surface area contributed by atoms with Gasteiger partial charge in [-0.25, -0.2) is 0 Å². The van der Waals surface area contributed by atoms with Gasteiger partial charge in [0.1, 0.15) is 0 Å². The van der Waals surface area contributed by atoms with Gasteiger partial charge in [0.15, 0.2) is 11.5 Å². The molecular formula is C13H15NO2S. The minimum absolute atomic E-state index is 0.566. The van der Waals surface area contributed by atoms with E-state index in [2.05, 4.69) is 6.07 Å². The van der Waals surface area contributed by atoms with Crippen molar-refractivity contribution >= 4 is 11.3 Å². The maximum absolute atomic E-state index is 5.62. The Morgan fingerprint density at radius 3 is 2.53 bits per heavy atom. The summed E-state index contributed by atoms with van der Waals surface area (Å²) in [6.07, 6.45) is 0. The molecule has 0 saturated heterocycles. The molecule has 1 aromatic carbocycles. The first-order chi connectivity index (χ1) is 8.30.